The van der Waals surface area contributed by atoms with E-state index in [4.69, 9.17) is 0 Å². The largest absolute Gasteiger partial charge is 0.274 e. The molecule has 0 aromatic heterocycles. The molecule has 3 aromatic rings. The van der Waals surface area contributed by atoms with Gasteiger partial charge in [0.25, 0.3) is 11.8 Å². The van der Waals surface area contributed by atoms with Gasteiger partial charge in [0.05, 0.1) is 16.0 Å². The molecule has 0 saturated heterocycles. The molecule has 31 heavy (non-hydrogen) atoms. The SMILES string of the molecule is O=C1c2ccccc2C(=O)N1CCCCCNS(=O)(=O)c1cccc2c(Br)cccc12. The molecule has 0 spiro atoms. The normalized spacial score (nSPS) is 13.8. The van der Waals surface area contributed by atoms with Crippen LogP contribution in [0.25, 0.3) is 10.8 Å². The molecule has 160 valence electrons. The molecular weight excluding hydrogens is 480 g/mol. The average molecular weight is 501 g/mol. The Balaban J connectivity index is 1.30. The minimum Gasteiger partial charge on any atom is -0.274 e. The first kappa shape index (κ1) is 21.7. The van der Waals surface area contributed by atoms with E-state index in [1.54, 1.807) is 42.5 Å². The van der Waals surface area contributed by atoms with Crippen molar-refractivity contribution >= 4 is 48.5 Å². The van der Waals surface area contributed by atoms with Crippen LogP contribution in [0.4, 0.5) is 0 Å². The summed E-state index contributed by atoms with van der Waals surface area (Å²) in [5.41, 5.74) is 0.893. The van der Waals surface area contributed by atoms with E-state index in [9.17, 15) is 18.0 Å². The van der Waals surface area contributed by atoms with Crippen LogP contribution in [-0.2, 0) is 10.0 Å². The van der Waals surface area contributed by atoms with Gasteiger partial charge < -0.3 is 0 Å². The number of carbonyl (C=O) groups is 2. The zero-order valence-electron chi connectivity index (χ0n) is 16.7. The van der Waals surface area contributed by atoms with Gasteiger partial charge in [-0.1, -0.05) is 58.7 Å². The lowest BCUT2D eigenvalue weighted by Crippen LogP contribution is -2.31. The fourth-order valence-corrected chi connectivity index (χ4v) is 5.57. The number of carbonyl (C=O) groups excluding carboxylic acids is 2. The van der Waals surface area contributed by atoms with E-state index in [0.29, 0.717) is 42.3 Å². The maximum Gasteiger partial charge on any atom is 0.261 e. The van der Waals surface area contributed by atoms with Gasteiger partial charge in [-0.25, -0.2) is 13.1 Å². The fraction of sp³-hybridized carbons (Fsp3) is 0.217. The molecule has 0 bridgehead atoms. The standard InChI is InChI=1S/C23H21BrN2O4S/c24-20-12-6-11-17-16(20)10-7-13-21(17)31(29,30)25-14-4-1-5-15-26-22(27)18-8-2-3-9-19(18)23(26)28/h2-3,6-13,25H,1,4-5,14-15H2. The molecular formula is C23H21BrN2O4S. The minimum atomic E-state index is -3.65. The third kappa shape index (κ3) is 4.28. The summed E-state index contributed by atoms with van der Waals surface area (Å²) in [6.45, 7) is 0.616. The van der Waals surface area contributed by atoms with Crippen molar-refractivity contribution in [2.24, 2.45) is 0 Å². The smallest absolute Gasteiger partial charge is 0.261 e. The molecule has 8 heteroatoms. The number of imide groups is 1. The summed E-state index contributed by atoms with van der Waals surface area (Å²) >= 11 is 3.46. The zero-order chi connectivity index (χ0) is 22.0. The second kappa shape index (κ2) is 8.90. The summed E-state index contributed by atoms with van der Waals surface area (Å²) in [6.07, 6.45) is 1.92. The fourth-order valence-electron chi connectivity index (χ4n) is 3.78. The van der Waals surface area contributed by atoms with Crippen LogP contribution in [0.3, 0.4) is 0 Å². The van der Waals surface area contributed by atoms with Crippen LogP contribution in [0.2, 0.25) is 0 Å². The number of nitrogens with zero attached hydrogens (tertiary/aromatic N) is 1. The topological polar surface area (TPSA) is 83.6 Å². The summed E-state index contributed by atoms with van der Waals surface area (Å²) in [5, 5.41) is 1.50. The van der Waals surface area contributed by atoms with Crippen molar-refractivity contribution < 1.29 is 18.0 Å². The number of rotatable bonds is 8. The Morgan fingerprint density at radius 1 is 0.774 bits per heavy atom. The van der Waals surface area contributed by atoms with Crippen LogP contribution in [-0.4, -0.2) is 38.2 Å². The molecule has 6 nitrogen and oxygen atoms in total. The summed E-state index contributed by atoms with van der Waals surface area (Å²) < 4.78 is 29.1. The van der Waals surface area contributed by atoms with Crippen molar-refractivity contribution in [2.75, 3.05) is 13.1 Å². The van der Waals surface area contributed by atoms with Crippen molar-refractivity contribution in [1.29, 1.82) is 0 Å². The summed E-state index contributed by atoms with van der Waals surface area (Å²) in [7, 11) is -3.65. The van der Waals surface area contributed by atoms with Crippen molar-refractivity contribution in [1.82, 2.24) is 9.62 Å². The lowest BCUT2D eigenvalue weighted by Gasteiger charge is -2.14. The van der Waals surface area contributed by atoms with Gasteiger partial charge in [-0.3, -0.25) is 14.5 Å². The highest BCUT2D eigenvalue weighted by molar-refractivity contribution is 9.10. The van der Waals surface area contributed by atoms with Crippen molar-refractivity contribution in [3.63, 3.8) is 0 Å². The number of sulfonamides is 1. The van der Waals surface area contributed by atoms with Crippen LogP contribution >= 0.6 is 15.9 Å². The van der Waals surface area contributed by atoms with Crippen LogP contribution in [0.5, 0.6) is 0 Å². The molecule has 0 unspecified atom stereocenters. The summed E-state index contributed by atoms with van der Waals surface area (Å²) in [5.74, 6) is -0.521. The van der Waals surface area contributed by atoms with E-state index in [1.807, 2.05) is 18.2 Å². The first-order valence-electron chi connectivity index (χ1n) is 10.0. The van der Waals surface area contributed by atoms with Gasteiger partial charge in [0, 0.05) is 22.9 Å². The molecule has 4 rings (SSSR count). The second-order valence-corrected chi connectivity index (χ2v) is 9.95. The third-order valence-corrected chi connectivity index (χ3v) is 7.56. The van der Waals surface area contributed by atoms with E-state index >= 15 is 0 Å². The number of hydrogen-bond acceptors (Lipinski definition) is 4. The van der Waals surface area contributed by atoms with E-state index in [2.05, 4.69) is 20.7 Å². The zero-order valence-corrected chi connectivity index (χ0v) is 19.1. The van der Waals surface area contributed by atoms with Gasteiger partial charge in [-0.2, -0.15) is 0 Å². The molecule has 0 radical (unpaired) electrons. The number of hydrogen-bond donors (Lipinski definition) is 1. The van der Waals surface area contributed by atoms with Crippen molar-refractivity contribution in [2.45, 2.75) is 24.2 Å². The average Bonchev–Trinajstić information content (AvgIpc) is 3.01. The van der Waals surface area contributed by atoms with E-state index in [-0.39, 0.29) is 23.3 Å². The Labute approximate surface area is 189 Å². The first-order chi connectivity index (χ1) is 14.9. The van der Waals surface area contributed by atoms with Gasteiger partial charge >= 0.3 is 0 Å². The molecule has 1 N–H and O–H groups in total. The Kier molecular flexibility index (Phi) is 6.22. The molecule has 0 atom stereocenters. The number of halogens is 1. The number of unbranched alkanes of at least 4 members (excludes halogenated alkanes) is 2. The van der Waals surface area contributed by atoms with Gasteiger partial charge in [-0.05, 0) is 42.5 Å². The molecule has 3 aromatic carbocycles. The number of amides is 2. The number of nitrogens with one attached hydrogen (secondary N) is 1. The van der Waals surface area contributed by atoms with Crippen LogP contribution in [0.1, 0.15) is 40.0 Å². The van der Waals surface area contributed by atoms with Crippen LogP contribution in [0.15, 0.2) is 70.0 Å². The molecule has 0 fully saturated rings. The Morgan fingerprint density at radius 3 is 2.13 bits per heavy atom. The summed E-state index contributed by atoms with van der Waals surface area (Å²) in [6, 6.07) is 17.5. The van der Waals surface area contributed by atoms with Crippen LogP contribution < -0.4 is 4.72 Å². The lowest BCUT2D eigenvalue weighted by atomic mass is 10.1. The molecule has 0 aliphatic carbocycles. The molecule has 0 saturated carbocycles. The predicted octanol–water partition coefficient (Wildman–Crippen LogP) is 4.35. The van der Waals surface area contributed by atoms with Crippen LogP contribution in [0, 0.1) is 0 Å². The van der Waals surface area contributed by atoms with E-state index in [1.165, 1.54) is 4.90 Å². The Hall–Kier alpha value is -2.55. The molecule has 1 aliphatic heterocycles. The highest BCUT2D eigenvalue weighted by Crippen LogP contribution is 2.28. The highest BCUT2D eigenvalue weighted by Gasteiger charge is 2.34. The minimum absolute atomic E-state index is 0.248. The third-order valence-electron chi connectivity index (χ3n) is 5.35. The van der Waals surface area contributed by atoms with Crippen molar-refractivity contribution in [3.05, 3.63) is 76.3 Å². The first-order valence-corrected chi connectivity index (χ1v) is 12.3. The van der Waals surface area contributed by atoms with E-state index in [0.717, 1.165) is 9.86 Å². The molecule has 1 heterocycles. The highest BCUT2D eigenvalue weighted by atomic mass is 79.9. The maximum atomic E-state index is 12.8. The van der Waals surface area contributed by atoms with Gasteiger partial charge in [0.2, 0.25) is 10.0 Å². The van der Waals surface area contributed by atoms with Gasteiger partial charge in [0.1, 0.15) is 0 Å². The Bertz CT molecular complexity index is 1240. The second-order valence-electron chi connectivity index (χ2n) is 7.36. The quantitative estimate of drug-likeness (QED) is 0.368. The molecule has 2 amide bonds. The maximum absolute atomic E-state index is 12.8. The predicted molar refractivity (Wildman–Crippen MR) is 122 cm³/mol. The van der Waals surface area contributed by atoms with Gasteiger partial charge in [0.15, 0.2) is 0 Å². The summed E-state index contributed by atoms with van der Waals surface area (Å²) in [4.78, 5) is 26.2. The Morgan fingerprint density at radius 2 is 1.42 bits per heavy atom. The number of benzene rings is 3. The number of fused-ring (bicyclic) bond motifs is 2. The van der Waals surface area contributed by atoms with E-state index < -0.39 is 10.0 Å². The lowest BCUT2D eigenvalue weighted by molar-refractivity contribution is 0.0651. The molecule has 1 aliphatic rings. The van der Waals surface area contributed by atoms with Gasteiger partial charge in [-0.15, -0.1) is 0 Å². The van der Waals surface area contributed by atoms with Crippen molar-refractivity contribution in [3.8, 4) is 0 Å². The monoisotopic (exact) mass is 500 g/mol.